The normalized spacial score (nSPS) is 23.1. The summed E-state index contributed by atoms with van der Waals surface area (Å²) < 4.78 is 1.91. The third-order valence-corrected chi connectivity index (χ3v) is 5.32. The zero-order chi connectivity index (χ0) is 13.7. The molecule has 18 heavy (non-hydrogen) atoms. The van der Waals surface area contributed by atoms with Crippen molar-refractivity contribution < 1.29 is 5.11 Å². The molecule has 3 nitrogen and oxygen atoms in total. The molecule has 0 aromatic carbocycles. The zero-order valence-electron chi connectivity index (χ0n) is 12.5. The van der Waals surface area contributed by atoms with Crippen LogP contribution in [0.4, 0.5) is 0 Å². The third kappa shape index (κ3) is 1.89. The molecule has 2 rings (SSSR count). The van der Waals surface area contributed by atoms with Crippen LogP contribution in [0.3, 0.4) is 0 Å². The van der Waals surface area contributed by atoms with Crippen molar-refractivity contribution in [1.82, 2.24) is 9.78 Å². The largest absolute Gasteiger partial charge is 0.392 e. The number of nitrogens with zero attached hydrogens (tertiary/aromatic N) is 2. The molecule has 102 valence electrons. The van der Waals surface area contributed by atoms with Crippen LogP contribution in [0.25, 0.3) is 0 Å². The Morgan fingerprint density at radius 1 is 1.33 bits per heavy atom. The first kappa shape index (κ1) is 13.6. The van der Waals surface area contributed by atoms with Gasteiger partial charge in [0, 0.05) is 19.2 Å². The van der Waals surface area contributed by atoms with E-state index in [1.807, 2.05) is 11.7 Å². The second kappa shape index (κ2) is 4.09. The molecule has 1 heterocycles. The number of aromatic nitrogens is 2. The highest BCUT2D eigenvalue weighted by atomic mass is 16.3. The number of aliphatic hydroxyl groups excluding tert-OH is 1. The van der Waals surface area contributed by atoms with Gasteiger partial charge in [-0.05, 0) is 29.2 Å². The van der Waals surface area contributed by atoms with Crippen molar-refractivity contribution in [2.45, 2.75) is 53.6 Å². The molecule has 0 saturated heterocycles. The van der Waals surface area contributed by atoms with E-state index in [-0.39, 0.29) is 16.9 Å². The fourth-order valence-electron chi connectivity index (χ4n) is 3.48. The lowest BCUT2D eigenvalue weighted by Gasteiger charge is -2.12. The van der Waals surface area contributed by atoms with E-state index >= 15 is 0 Å². The van der Waals surface area contributed by atoms with E-state index in [2.05, 4.69) is 45.8 Å². The van der Waals surface area contributed by atoms with Crippen LogP contribution in [0, 0.1) is 16.7 Å². The van der Waals surface area contributed by atoms with E-state index in [1.54, 1.807) is 0 Å². The molecule has 1 atom stereocenters. The minimum Gasteiger partial charge on any atom is -0.392 e. The number of rotatable bonds is 4. The Morgan fingerprint density at radius 3 is 2.28 bits per heavy atom. The highest BCUT2D eigenvalue weighted by molar-refractivity contribution is 5.18. The monoisotopic (exact) mass is 250 g/mol. The summed E-state index contributed by atoms with van der Waals surface area (Å²) in [5, 5.41) is 14.9. The van der Waals surface area contributed by atoms with E-state index < -0.39 is 0 Å². The number of hydrogen-bond donors (Lipinski definition) is 1. The fraction of sp³-hybridized carbons (Fsp3) is 0.800. The molecule has 0 amide bonds. The van der Waals surface area contributed by atoms with Gasteiger partial charge in [-0.25, -0.2) is 0 Å². The predicted molar refractivity (Wildman–Crippen MR) is 73.3 cm³/mol. The fourth-order valence-corrected chi connectivity index (χ4v) is 3.48. The summed E-state index contributed by atoms with van der Waals surface area (Å²) in [7, 11) is 1.96. The van der Waals surface area contributed by atoms with Crippen LogP contribution in [0.2, 0.25) is 0 Å². The molecule has 1 N–H and O–H groups in total. The van der Waals surface area contributed by atoms with Crippen molar-refractivity contribution in [3.05, 3.63) is 17.5 Å². The molecule has 1 unspecified atom stereocenters. The van der Waals surface area contributed by atoms with E-state index in [9.17, 15) is 5.11 Å². The van der Waals surface area contributed by atoms with Gasteiger partial charge in [0.2, 0.25) is 0 Å². The van der Waals surface area contributed by atoms with Crippen molar-refractivity contribution in [2.24, 2.45) is 23.8 Å². The third-order valence-electron chi connectivity index (χ3n) is 5.32. The Labute approximate surface area is 110 Å². The van der Waals surface area contributed by atoms with Crippen LogP contribution in [0.1, 0.15) is 46.0 Å². The van der Waals surface area contributed by atoms with E-state index in [0.29, 0.717) is 12.3 Å². The average molecular weight is 250 g/mol. The highest BCUT2D eigenvalue weighted by Gasteiger charge is 2.66. The highest BCUT2D eigenvalue weighted by Crippen LogP contribution is 2.69. The Kier molecular flexibility index (Phi) is 3.09. The first-order valence-electron chi connectivity index (χ1n) is 6.91. The molecule has 1 aromatic rings. The lowest BCUT2D eigenvalue weighted by atomic mass is 10.0. The maximum Gasteiger partial charge on any atom is 0.0634 e. The quantitative estimate of drug-likeness (QED) is 0.892. The summed E-state index contributed by atoms with van der Waals surface area (Å²) in [5.41, 5.74) is 2.71. The first-order chi connectivity index (χ1) is 8.21. The van der Waals surface area contributed by atoms with Crippen LogP contribution < -0.4 is 0 Å². The molecule has 0 spiro atoms. The molecule has 1 fully saturated rings. The topological polar surface area (TPSA) is 38.0 Å². The Bertz CT molecular complexity index is 431. The van der Waals surface area contributed by atoms with Crippen LogP contribution in [0.5, 0.6) is 0 Å². The molecule has 1 aliphatic rings. The van der Waals surface area contributed by atoms with Crippen molar-refractivity contribution in [3.8, 4) is 0 Å². The zero-order valence-corrected chi connectivity index (χ0v) is 12.5. The molecule has 1 aliphatic carbocycles. The van der Waals surface area contributed by atoms with Gasteiger partial charge < -0.3 is 5.11 Å². The number of hydrogen-bond acceptors (Lipinski definition) is 2. The lowest BCUT2D eigenvalue weighted by Crippen LogP contribution is -2.19. The Balaban J connectivity index is 2.09. The predicted octanol–water partition coefficient (Wildman–Crippen LogP) is 2.57. The van der Waals surface area contributed by atoms with Gasteiger partial charge in [-0.2, -0.15) is 5.10 Å². The summed E-state index contributed by atoms with van der Waals surface area (Å²) in [4.78, 5) is 0. The minimum absolute atomic E-state index is 0.235. The smallest absolute Gasteiger partial charge is 0.0634 e. The summed E-state index contributed by atoms with van der Waals surface area (Å²) >= 11 is 0. The molecule has 3 heteroatoms. The Hall–Kier alpha value is -0.830. The summed E-state index contributed by atoms with van der Waals surface area (Å²) in [5.74, 6) is 0.380. The van der Waals surface area contributed by atoms with Gasteiger partial charge >= 0.3 is 0 Å². The second-order valence-corrected chi connectivity index (χ2v) is 6.80. The van der Waals surface area contributed by atoms with Gasteiger partial charge in [0.15, 0.2) is 0 Å². The maximum atomic E-state index is 10.5. The number of aliphatic hydroxyl groups is 1. The standard InChI is InChI=1S/C15H26N2O/c1-7-10-8-11(17(6)16-10)9-12(18)13-14(2,3)15(13,4)5/h8,12-13,18H,7,9H2,1-6H3. The van der Waals surface area contributed by atoms with Gasteiger partial charge in [-0.1, -0.05) is 34.6 Å². The van der Waals surface area contributed by atoms with Crippen molar-refractivity contribution in [3.63, 3.8) is 0 Å². The first-order valence-corrected chi connectivity index (χ1v) is 6.91. The van der Waals surface area contributed by atoms with Gasteiger partial charge in [-0.3, -0.25) is 4.68 Å². The van der Waals surface area contributed by atoms with Crippen molar-refractivity contribution in [1.29, 1.82) is 0 Å². The molecule has 0 bridgehead atoms. The van der Waals surface area contributed by atoms with Crippen molar-refractivity contribution in [2.75, 3.05) is 0 Å². The van der Waals surface area contributed by atoms with Gasteiger partial charge in [0.25, 0.3) is 0 Å². The molecule has 0 aliphatic heterocycles. The molecular weight excluding hydrogens is 224 g/mol. The van der Waals surface area contributed by atoms with Gasteiger partial charge in [0.05, 0.1) is 11.8 Å². The second-order valence-electron chi connectivity index (χ2n) is 6.80. The summed E-state index contributed by atoms with van der Waals surface area (Å²) in [6.07, 6.45) is 1.39. The van der Waals surface area contributed by atoms with Crippen LogP contribution in [-0.2, 0) is 19.9 Å². The molecular formula is C15H26N2O. The van der Waals surface area contributed by atoms with Crippen molar-refractivity contribution >= 4 is 0 Å². The SMILES string of the molecule is CCc1cc(CC(O)C2C(C)(C)C2(C)C)n(C)n1. The van der Waals surface area contributed by atoms with Crippen LogP contribution in [0.15, 0.2) is 6.07 Å². The van der Waals surface area contributed by atoms with E-state index in [1.165, 1.54) is 0 Å². The number of aryl methyl sites for hydroxylation is 2. The average Bonchev–Trinajstić information content (AvgIpc) is 2.54. The van der Waals surface area contributed by atoms with E-state index in [0.717, 1.165) is 17.8 Å². The summed E-state index contributed by atoms with van der Waals surface area (Å²) in [6.45, 7) is 11.1. The molecule has 0 radical (unpaired) electrons. The lowest BCUT2D eigenvalue weighted by molar-refractivity contribution is 0.127. The van der Waals surface area contributed by atoms with Crippen LogP contribution >= 0.6 is 0 Å². The molecule has 1 saturated carbocycles. The van der Waals surface area contributed by atoms with Gasteiger partial charge in [-0.15, -0.1) is 0 Å². The van der Waals surface area contributed by atoms with Gasteiger partial charge in [0.1, 0.15) is 0 Å². The minimum atomic E-state index is -0.268. The Morgan fingerprint density at radius 2 is 1.89 bits per heavy atom. The summed E-state index contributed by atoms with van der Waals surface area (Å²) in [6, 6.07) is 2.12. The van der Waals surface area contributed by atoms with Crippen LogP contribution in [-0.4, -0.2) is 21.0 Å². The molecule has 1 aromatic heterocycles. The van der Waals surface area contributed by atoms with E-state index in [4.69, 9.17) is 0 Å². The maximum absolute atomic E-state index is 10.5.